The molecule has 2 heterocycles. The lowest BCUT2D eigenvalue weighted by Gasteiger charge is -2.17. The molecule has 0 bridgehead atoms. The van der Waals surface area contributed by atoms with Gasteiger partial charge >= 0.3 is 0 Å². The van der Waals surface area contributed by atoms with E-state index < -0.39 is 0 Å². The van der Waals surface area contributed by atoms with Crippen molar-refractivity contribution in [2.75, 3.05) is 40.0 Å². The number of amides is 1. The Bertz CT molecular complexity index is 722. The van der Waals surface area contributed by atoms with E-state index in [0.717, 1.165) is 30.4 Å². The van der Waals surface area contributed by atoms with Crippen LogP contribution in [0.15, 0.2) is 30.3 Å². The van der Waals surface area contributed by atoms with Crippen molar-refractivity contribution < 1.29 is 14.3 Å². The van der Waals surface area contributed by atoms with Crippen molar-refractivity contribution in [1.82, 2.24) is 9.88 Å². The monoisotopic (exact) mass is 348 g/mol. The van der Waals surface area contributed by atoms with Crippen molar-refractivity contribution in [1.29, 1.82) is 0 Å². The molecular formula is C18H21ClN2O3. The molecule has 1 amide bonds. The molecule has 1 fully saturated rings. The molecule has 5 nitrogen and oxygen atoms in total. The number of methoxy groups -OCH3 is 1. The number of rotatable bonds is 6. The molecule has 1 saturated heterocycles. The Balaban J connectivity index is 1.61. The van der Waals surface area contributed by atoms with Gasteiger partial charge in [-0.05, 0) is 36.8 Å². The molecule has 0 saturated carbocycles. The summed E-state index contributed by atoms with van der Waals surface area (Å²) in [5.74, 6) is 0.456. The van der Waals surface area contributed by atoms with Gasteiger partial charge in [-0.15, -0.1) is 0 Å². The lowest BCUT2D eigenvalue weighted by atomic mass is 10.1. The summed E-state index contributed by atoms with van der Waals surface area (Å²) < 4.78 is 10.5. The van der Waals surface area contributed by atoms with Gasteiger partial charge in [0.15, 0.2) is 0 Å². The summed E-state index contributed by atoms with van der Waals surface area (Å²) in [6.45, 7) is 3.38. The summed E-state index contributed by atoms with van der Waals surface area (Å²) in [7, 11) is 1.66. The lowest BCUT2D eigenvalue weighted by Crippen LogP contribution is -2.29. The first-order valence-corrected chi connectivity index (χ1v) is 8.47. The minimum absolute atomic E-state index is 0.0613. The molecule has 2 aromatic rings. The number of pyridine rings is 1. The Morgan fingerprint density at radius 1 is 1.33 bits per heavy atom. The predicted molar refractivity (Wildman–Crippen MR) is 93.5 cm³/mol. The van der Waals surface area contributed by atoms with Crippen LogP contribution >= 0.6 is 11.6 Å². The summed E-state index contributed by atoms with van der Waals surface area (Å²) in [4.78, 5) is 18.8. The predicted octanol–water partition coefficient (Wildman–Crippen LogP) is 3.01. The van der Waals surface area contributed by atoms with Crippen molar-refractivity contribution in [2.24, 2.45) is 5.92 Å². The summed E-state index contributed by atoms with van der Waals surface area (Å²) in [5, 5.41) is 1.38. The van der Waals surface area contributed by atoms with E-state index in [2.05, 4.69) is 4.98 Å². The number of hydrogen-bond acceptors (Lipinski definition) is 4. The highest BCUT2D eigenvalue weighted by atomic mass is 35.5. The molecule has 0 radical (unpaired) electrons. The van der Waals surface area contributed by atoms with Gasteiger partial charge in [-0.3, -0.25) is 4.79 Å². The number of benzene rings is 1. The SMILES string of the molecule is COCCOC[C@@H]1CCN(C(=O)c2ccc3nc(Cl)ccc3c2)C1. The molecule has 128 valence electrons. The zero-order valence-electron chi connectivity index (χ0n) is 13.7. The van der Waals surface area contributed by atoms with Crippen molar-refractivity contribution in [3.05, 3.63) is 41.0 Å². The van der Waals surface area contributed by atoms with E-state index in [1.165, 1.54) is 0 Å². The number of hydrogen-bond donors (Lipinski definition) is 0. The minimum Gasteiger partial charge on any atom is -0.382 e. The molecule has 0 N–H and O–H groups in total. The number of likely N-dealkylation sites (tertiary alicyclic amines) is 1. The normalized spacial score (nSPS) is 17.6. The van der Waals surface area contributed by atoms with E-state index in [0.29, 0.717) is 36.5 Å². The van der Waals surface area contributed by atoms with Crippen molar-refractivity contribution in [3.8, 4) is 0 Å². The number of carbonyl (C=O) groups is 1. The fourth-order valence-electron chi connectivity index (χ4n) is 2.96. The number of carbonyl (C=O) groups excluding carboxylic acids is 1. The van der Waals surface area contributed by atoms with Crippen LogP contribution in [0.3, 0.4) is 0 Å². The van der Waals surface area contributed by atoms with Gasteiger partial charge in [0, 0.05) is 37.1 Å². The standard InChI is InChI=1S/C18H21ClN2O3/c1-23-8-9-24-12-13-6-7-21(11-13)18(22)15-2-4-16-14(10-15)3-5-17(19)20-16/h2-5,10,13H,6-9,11-12H2,1H3/t13-/m1/s1. The highest BCUT2D eigenvalue weighted by Gasteiger charge is 2.27. The van der Waals surface area contributed by atoms with Crippen LogP contribution in [-0.4, -0.2) is 55.8 Å². The minimum atomic E-state index is 0.0613. The molecule has 24 heavy (non-hydrogen) atoms. The molecule has 0 unspecified atom stereocenters. The fraction of sp³-hybridized carbons (Fsp3) is 0.444. The largest absolute Gasteiger partial charge is 0.382 e. The lowest BCUT2D eigenvalue weighted by molar-refractivity contribution is 0.0515. The van der Waals surface area contributed by atoms with E-state index in [-0.39, 0.29) is 5.91 Å². The van der Waals surface area contributed by atoms with Gasteiger partial charge in [-0.1, -0.05) is 11.6 Å². The van der Waals surface area contributed by atoms with E-state index in [1.54, 1.807) is 13.2 Å². The van der Waals surface area contributed by atoms with Crippen LogP contribution in [0, 0.1) is 5.92 Å². The number of fused-ring (bicyclic) bond motifs is 1. The first-order valence-electron chi connectivity index (χ1n) is 8.09. The summed E-state index contributed by atoms with van der Waals surface area (Å²) >= 11 is 5.90. The molecule has 1 aliphatic heterocycles. The van der Waals surface area contributed by atoms with E-state index in [4.69, 9.17) is 21.1 Å². The van der Waals surface area contributed by atoms with Crippen LogP contribution in [0.4, 0.5) is 0 Å². The molecule has 1 aromatic carbocycles. The Kier molecular flexibility index (Phi) is 5.66. The molecule has 3 rings (SSSR count). The van der Waals surface area contributed by atoms with E-state index in [9.17, 15) is 4.79 Å². The Morgan fingerprint density at radius 2 is 2.21 bits per heavy atom. The van der Waals surface area contributed by atoms with Gasteiger partial charge in [0.05, 0.1) is 25.3 Å². The topological polar surface area (TPSA) is 51.7 Å². The first-order chi connectivity index (χ1) is 11.7. The maximum Gasteiger partial charge on any atom is 0.253 e. The molecular weight excluding hydrogens is 328 g/mol. The molecule has 6 heteroatoms. The van der Waals surface area contributed by atoms with Gasteiger partial charge in [0.25, 0.3) is 5.91 Å². The fourth-order valence-corrected chi connectivity index (χ4v) is 3.12. The molecule has 0 spiro atoms. The third-order valence-electron chi connectivity index (χ3n) is 4.26. The van der Waals surface area contributed by atoms with Crippen LogP contribution in [0.1, 0.15) is 16.8 Å². The van der Waals surface area contributed by atoms with Crippen LogP contribution in [0.2, 0.25) is 5.15 Å². The molecule has 0 aliphatic carbocycles. The number of aromatic nitrogens is 1. The number of nitrogens with zero attached hydrogens (tertiary/aromatic N) is 2. The average molecular weight is 349 g/mol. The third kappa shape index (κ3) is 4.04. The molecule has 1 aliphatic rings. The van der Waals surface area contributed by atoms with Gasteiger partial charge in [0.2, 0.25) is 0 Å². The summed E-state index contributed by atoms with van der Waals surface area (Å²) in [6, 6.07) is 9.16. The van der Waals surface area contributed by atoms with Gasteiger partial charge in [-0.25, -0.2) is 4.98 Å². The Hall–Kier alpha value is -1.69. The zero-order valence-corrected chi connectivity index (χ0v) is 14.5. The molecule has 1 atom stereocenters. The van der Waals surface area contributed by atoms with Gasteiger partial charge in [0.1, 0.15) is 5.15 Å². The first kappa shape index (κ1) is 17.1. The molecule has 1 aromatic heterocycles. The zero-order chi connectivity index (χ0) is 16.9. The third-order valence-corrected chi connectivity index (χ3v) is 4.47. The number of halogens is 1. The number of ether oxygens (including phenoxy) is 2. The second kappa shape index (κ2) is 7.92. The summed E-state index contributed by atoms with van der Waals surface area (Å²) in [5.41, 5.74) is 1.48. The maximum absolute atomic E-state index is 12.7. The van der Waals surface area contributed by atoms with Crippen LogP contribution < -0.4 is 0 Å². The van der Waals surface area contributed by atoms with E-state index in [1.807, 2.05) is 29.2 Å². The highest BCUT2D eigenvalue weighted by molar-refractivity contribution is 6.29. The van der Waals surface area contributed by atoms with Crippen molar-refractivity contribution in [3.63, 3.8) is 0 Å². The van der Waals surface area contributed by atoms with Gasteiger partial charge < -0.3 is 14.4 Å². The maximum atomic E-state index is 12.7. The smallest absolute Gasteiger partial charge is 0.253 e. The summed E-state index contributed by atoms with van der Waals surface area (Å²) in [6.07, 6.45) is 0.976. The van der Waals surface area contributed by atoms with Crippen molar-refractivity contribution >= 4 is 28.4 Å². The van der Waals surface area contributed by atoms with Crippen LogP contribution in [0.25, 0.3) is 10.9 Å². The Morgan fingerprint density at radius 3 is 3.04 bits per heavy atom. The second-order valence-corrected chi connectivity index (χ2v) is 6.40. The van der Waals surface area contributed by atoms with Crippen molar-refractivity contribution in [2.45, 2.75) is 6.42 Å². The van der Waals surface area contributed by atoms with Crippen LogP contribution in [-0.2, 0) is 9.47 Å². The van der Waals surface area contributed by atoms with Gasteiger partial charge in [-0.2, -0.15) is 0 Å². The second-order valence-electron chi connectivity index (χ2n) is 6.02. The Labute approximate surface area is 146 Å². The average Bonchev–Trinajstić information content (AvgIpc) is 3.06. The quantitative estimate of drug-likeness (QED) is 0.595. The van der Waals surface area contributed by atoms with Crippen LogP contribution in [0.5, 0.6) is 0 Å². The highest BCUT2D eigenvalue weighted by Crippen LogP contribution is 2.22. The van der Waals surface area contributed by atoms with E-state index >= 15 is 0 Å².